The van der Waals surface area contributed by atoms with Crippen molar-refractivity contribution >= 4 is 24.4 Å². The van der Waals surface area contributed by atoms with E-state index in [-0.39, 0.29) is 200 Å². The van der Waals surface area contributed by atoms with Gasteiger partial charge in [0.15, 0.2) is 0 Å². The van der Waals surface area contributed by atoms with Gasteiger partial charge in [0.1, 0.15) is 0 Å². The molecule has 0 atom stereocenters. The monoisotopic (exact) mass is 308 g/mol. The van der Waals surface area contributed by atoms with E-state index in [1.165, 1.54) is 0 Å². The fraction of sp³-hybridized carbons (Fsp3) is 0. The number of hydrogen-bond donors (Lipinski definition) is 0. The molecular weight excluding hydrogens is 303 g/mol. The standard InChI is InChI=1S/3K.4H2O.Sb.H/h;;;4*1H2;;/q3*+1;;;;;;/p-3. The van der Waals surface area contributed by atoms with E-state index in [0.717, 1.165) is 0 Å². The Bertz CT molecular complexity index is 11.2. The third-order valence-electron chi connectivity index (χ3n) is 0. The van der Waals surface area contributed by atoms with Crippen molar-refractivity contribution in [2.75, 3.05) is 0 Å². The SMILES string of the molecule is O.[K+].[K+].[K+].[OH-].[OH-].[OH-].[SbH]. The summed E-state index contributed by atoms with van der Waals surface area (Å²) >= 11 is 0. The van der Waals surface area contributed by atoms with Crippen LogP contribution >= 0.6 is 0 Å². The van der Waals surface area contributed by atoms with E-state index in [9.17, 15) is 0 Å². The third kappa shape index (κ3) is 41.7. The van der Waals surface area contributed by atoms with Gasteiger partial charge in [-0.3, -0.25) is 0 Å². The quantitative estimate of drug-likeness (QED) is 0.413. The first kappa shape index (κ1) is 69.1. The molecule has 2 radical (unpaired) electrons. The molecule has 0 aliphatic heterocycles. The molecule has 5 N–H and O–H groups in total. The van der Waals surface area contributed by atoms with E-state index in [1.807, 2.05) is 0 Å². The molecule has 8 heavy (non-hydrogen) atoms. The molecule has 38 valence electrons. The van der Waals surface area contributed by atoms with Crippen LogP contribution in [-0.2, 0) is 0 Å². The van der Waals surface area contributed by atoms with Gasteiger partial charge in [-0.2, -0.15) is 0 Å². The maximum atomic E-state index is 0. The Kier molecular flexibility index (Phi) is 469. The molecule has 0 saturated carbocycles. The average molecular weight is 309 g/mol. The van der Waals surface area contributed by atoms with Crippen LogP contribution in [0, 0.1) is 0 Å². The third-order valence-corrected chi connectivity index (χ3v) is 0. The van der Waals surface area contributed by atoms with Gasteiger partial charge in [-0.25, -0.2) is 0 Å². The van der Waals surface area contributed by atoms with Gasteiger partial charge in [0.2, 0.25) is 0 Å². The van der Waals surface area contributed by atoms with Crippen molar-refractivity contribution in [3.8, 4) is 0 Å². The van der Waals surface area contributed by atoms with Crippen molar-refractivity contribution < 1.29 is 176 Å². The first-order chi connectivity index (χ1) is 0. The Hall–Kier alpha value is 5.57. The van der Waals surface area contributed by atoms with Crippen molar-refractivity contribution in [1.29, 1.82) is 0 Å². The van der Waals surface area contributed by atoms with E-state index < -0.39 is 0 Å². The molecule has 4 nitrogen and oxygen atoms in total. The zero-order chi connectivity index (χ0) is 0. The summed E-state index contributed by atoms with van der Waals surface area (Å²) in [5.41, 5.74) is 0. The maximum absolute atomic E-state index is 0. The Morgan fingerprint density at radius 3 is 0.500 bits per heavy atom. The Morgan fingerprint density at radius 2 is 0.500 bits per heavy atom. The van der Waals surface area contributed by atoms with Crippen LogP contribution in [0.15, 0.2) is 0 Å². The molecule has 0 heterocycles. The van der Waals surface area contributed by atoms with E-state index in [4.69, 9.17) is 0 Å². The molecule has 0 saturated heterocycles. The Labute approximate surface area is 194 Å². The molecule has 0 fully saturated rings. The normalized spacial score (nSPS) is 0. The fourth-order valence-corrected chi connectivity index (χ4v) is 0. The molecule has 0 aliphatic carbocycles. The van der Waals surface area contributed by atoms with Gasteiger partial charge in [0.25, 0.3) is 0 Å². The van der Waals surface area contributed by atoms with Crippen molar-refractivity contribution in [2.45, 2.75) is 0 Å². The summed E-state index contributed by atoms with van der Waals surface area (Å²) < 4.78 is 0. The van der Waals surface area contributed by atoms with Crippen molar-refractivity contribution in [3.63, 3.8) is 0 Å². The minimum absolute atomic E-state index is 0. The summed E-state index contributed by atoms with van der Waals surface area (Å²) in [5, 5.41) is 0. The average Bonchev–Trinajstić information content (AvgIpc) is 0. The molecule has 0 rings (SSSR count). The molecule has 0 aromatic rings. The minimum atomic E-state index is 0. The van der Waals surface area contributed by atoms with Crippen LogP contribution in [-0.4, -0.2) is 46.3 Å². The van der Waals surface area contributed by atoms with Crippen LogP contribution in [0.2, 0.25) is 0 Å². The Morgan fingerprint density at radius 1 is 0.500 bits per heavy atom. The first-order valence-electron chi connectivity index (χ1n) is 0. The van der Waals surface area contributed by atoms with Gasteiger partial charge in [-0.05, 0) is 0 Å². The molecular formula is H6K3O4Sb. The van der Waals surface area contributed by atoms with Gasteiger partial charge in [0.05, 0.1) is 0 Å². The van der Waals surface area contributed by atoms with Crippen LogP contribution in [0.3, 0.4) is 0 Å². The second kappa shape index (κ2) is 54.3. The summed E-state index contributed by atoms with van der Waals surface area (Å²) in [6.07, 6.45) is 0. The molecule has 0 amide bonds. The van der Waals surface area contributed by atoms with Crippen LogP contribution in [0.1, 0.15) is 0 Å². The molecule has 0 aromatic carbocycles. The van der Waals surface area contributed by atoms with Crippen LogP contribution in [0.25, 0.3) is 0 Å². The van der Waals surface area contributed by atoms with E-state index >= 15 is 0 Å². The number of rotatable bonds is 0. The van der Waals surface area contributed by atoms with Crippen molar-refractivity contribution in [2.24, 2.45) is 0 Å². The fourth-order valence-electron chi connectivity index (χ4n) is 0. The van der Waals surface area contributed by atoms with E-state index in [1.54, 1.807) is 0 Å². The van der Waals surface area contributed by atoms with Gasteiger partial charge in [-0.15, -0.1) is 0 Å². The van der Waals surface area contributed by atoms with Crippen molar-refractivity contribution in [1.82, 2.24) is 0 Å². The van der Waals surface area contributed by atoms with Gasteiger partial charge < -0.3 is 21.9 Å². The zero-order valence-electron chi connectivity index (χ0n) is 5.34. The van der Waals surface area contributed by atoms with E-state index in [0.29, 0.717) is 0 Å². The van der Waals surface area contributed by atoms with Crippen molar-refractivity contribution in [3.05, 3.63) is 0 Å². The molecule has 0 aliphatic rings. The molecule has 8 heteroatoms. The van der Waals surface area contributed by atoms with Crippen LogP contribution in [0.4, 0.5) is 0 Å². The topological polar surface area (TPSA) is 122 Å². The summed E-state index contributed by atoms with van der Waals surface area (Å²) in [4.78, 5) is 0. The molecule has 0 bridgehead atoms. The summed E-state index contributed by atoms with van der Waals surface area (Å²) in [5.74, 6) is 0. The molecule has 0 unspecified atom stereocenters. The number of hydrogen-bond acceptors (Lipinski definition) is 3. The second-order valence-electron chi connectivity index (χ2n) is 0. The second-order valence-corrected chi connectivity index (χ2v) is 0. The molecule has 0 spiro atoms. The predicted molar refractivity (Wildman–Crippen MR) is 16.6 cm³/mol. The zero-order valence-corrected chi connectivity index (χ0v) is 17.6. The predicted octanol–water partition coefficient (Wildman–Crippen LogP) is -11.0. The van der Waals surface area contributed by atoms with Crippen LogP contribution < -0.4 is 154 Å². The van der Waals surface area contributed by atoms with Gasteiger partial charge >= 0.3 is 179 Å². The molecule has 0 aromatic heterocycles. The summed E-state index contributed by atoms with van der Waals surface area (Å²) in [7, 11) is 0. The van der Waals surface area contributed by atoms with Gasteiger partial charge in [0, 0.05) is 0 Å². The first-order valence-corrected chi connectivity index (χ1v) is 0. The van der Waals surface area contributed by atoms with Crippen LogP contribution in [0.5, 0.6) is 0 Å². The van der Waals surface area contributed by atoms with Gasteiger partial charge in [-0.1, -0.05) is 0 Å². The summed E-state index contributed by atoms with van der Waals surface area (Å²) in [6.45, 7) is 0. The van der Waals surface area contributed by atoms with E-state index in [2.05, 4.69) is 0 Å². The Balaban J connectivity index is 0. The summed E-state index contributed by atoms with van der Waals surface area (Å²) in [6, 6.07) is 0.